The van der Waals surface area contributed by atoms with Crippen LogP contribution in [0, 0.1) is 5.82 Å². The van der Waals surface area contributed by atoms with Gasteiger partial charge in [0.05, 0.1) is 19.9 Å². The van der Waals surface area contributed by atoms with Gasteiger partial charge in [-0.1, -0.05) is 0 Å². The highest BCUT2D eigenvalue weighted by Crippen LogP contribution is 2.28. The average Bonchev–Trinajstić information content (AvgIpc) is 2.71. The number of ether oxygens (including phenoxy) is 3. The molecule has 0 atom stereocenters. The number of rotatable bonds is 8. The first-order chi connectivity index (χ1) is 13.4. The van der Waals surface area contributed by atoms with Crippen LogP contribution in [0.3, 0.4) is 0 Å². The van der Waals surface area contributed by atoms with Gasteiger partial charge < -0.3 is 24.8 Å². The van der Waals surface area contributed by atoms with Crippen molar-refractivity contribution < 1.29 is 33.0 Å². The van der Waals surface area contributed by atoms with Crippen LogP contribution in [0.15, 0.2) is 42.5 Å². The summed E-state index contributed by atoms with van der Waals surface area (Å²) in [5.41, 5.74) is 0.576. The zero-order valence-corrected chi connectivity index (χ0v) is 15.3. The predicted molar refractivity (Wildman–Crippen MR) is 97.9 cm³/mol. The van der Waals surface area contributed by atoms with Crippen molar-refractivity contribution in [3.8, 4) is 11.5 Å². The first-order valence-electron chi connectivity index (χ1n) is 8.14. The largest absolute Gasteiger partial charge is 0.497 e. The van der Waals surface area contributed by atoms with Crippen LogP contribution >= 0.6 is 0 Å². The molecule has 0 unspecified atom stereocenters. The lowest BCUT2D eigenvalue weighted by Gasteiger charge is -2.12. The van der Waals surface area contributed by atoms with Gasteiger partial charge in [0.2, 0.25) is 0 Å². The number of benzene rings is 2. The Morgan fingerprint density at radius 2 is 1.71 bits per heavy atom. The van der Waals surface area contributed by atoms with Gasteiger partial charge in [-0.05, 0) is 36.4 Å². The zero-order valence-electron chi connectivity index (χ0n) is 15.3. The normalized spacial score (nSPS) is 9.96. The number of amides is 2. The molecular formula is C19H19FN2O6. The van der Waals surface area contributed by atoms with Gasteiger partial charge in [0.25, 0.3) is 11.8 Å². The molecule has 2 rings (SSSR count). The molecular weight excluding hydrogens is 371 g/mol. The van der Waals surface area contributed by atoms with E-state index in [-0.39, 0.29) is 5.56 Å². The van der Waals surface area contributed by atoms with Crippen LogP contribution in [0.5, 0.6) is 11.5 Å². The summed E-state index contributed by atoms with van der Waals surface area (Å²) in [5, 5.41) is 4.87. The van der Waals surface area contributed by atoms with Crippen molar-refractivity contribution >= 4 is 23.5 Å². The average molecular weight is 390 g/mol. The maximum absolute atomic E-state index is 12.8. The Balaban J connectivity index is 1.78. The molecule has 148 valence electrons. The second-order valence-corrected chi connectivity index (χ2v) is 5.46. The summed E-state index contributed by atoms with van der Waals surface area (Å²) >= 11 is 0. The maximum Gasteiger partial charge on any atom is 0.325 e. The van der Waals surface area contributed by atoms with E-state index >= 15 is 0 Å². The fourth-order valence-electron chi connectivity index (χ4n) is 2.14. The lowest BCUT2D eigenvalue weighted by Crippen LogP contribution is -2.32. The fourth-order valence-corrected chi connectivity index (χ4v) is 2.14. The van der Waals surface area contributed by atoms with Gasteiger partial charge in [-0.25, -0.2) is 4.39 Å². The van der Waals surface area contributed by atoms with E-state index in [1.165, 1.54) is 26.4 Å². The van der Waals surface area contributed by atoms with E-state index in [1.807, 2.05) is 0 Å². The fraction of sp³-hybridized carbons (Fsp3) is 0.211. The van der Waals surface area contributed by atoms with Gasteiger partial charge in [0.1, 0.15) is 23.9 Å². The molecule has 0 bridgehead atoms. The molecule has 2 aromatic carbocycles. The van der Waals surface area contributed by atoms with Gasteiger partial charge in [-0.3, -0.25) is 14.4 Å². The van der Waals surface area contributed by atoms with E-state index < -0.39 is 36.8 Å². The number of esters is 1. The number of carbonyl (C=O) groups is 3. The van der Waals surface area contributed by atoms with Crippen LogP contribution in [0.25, 0.3) is 0 Å². The predicted octanol–water partition coefficient (Wildman–Crippen LogP) is 1.75. The van der Waals surface area contributed by atoms with Crippen LogP contribution in [-0.4, -0.2) is 45.2 Å². The van der Waals surface area contributed by atoms with Crippen molar-refractivity contribution in [2.24, 2.45) is 0 Å². The lowest BCUT2D eigenvalue weighted by atomic mass is 10.2. The van der Waals surface area contributed by atoms with Gasteiger partial charge in [0.15, 0.2) is 6.61 Å². The molecule has 0 radical (unpaired) electrons. The van der Waals surface area contributed by atoms with E-state index in [9.17, 15) is 18.8 Å². The van der Waals surface area contributed by atoms with Gasteiger partial charge in [-0.2, -0.15) is 0 Å². The number of anilines is 1. The van der Waals surface area contributed by atoms with Gasteiger partial charge in [-0.15, -0.1) is 0 Å². The lowest BCUT2D eigenvalue weighted by molar-refractivity contribution is -0.146. The summed E-state index contributed by atoms with van der Waals surface area (Å²) in [6, 6.07) is 9.63. The smallest absolute Gasteiger partial charge is 0.325 e. The quantitative estimate of drug-likeness (QED) is 0.666. The number of carbonyl (C=O) groups excluding carboxylic acids is 3. The van der Waals surface area contributed by atoms with E-state index in [4.69, 9.17) is 14.2 Å². The van der Waals surface area contributed by atoms with Crippen LogP contribution in [0.1, 0.15) is 10.4 Å². The molecule has 2 amide bonds. The minimum Gasteiger partial charge on any atom is -0.497 e. The second kappa shape index (κ2) is 9.91. The molecule has 9 heteroatoms. The van der Waals surface area contributed by atoms with Crippen LogP contribution in [-0.2, 0) is 14.3 Å². The molecule has 0 aromatic heterocycles. The molecule has 0 saturated carbocycles. The number of hydrogen-bond donors (Lipinski definition) is 2. The Kier molecular flexibility index (Phi) is 7.32. The molecule has 0 aliphatic carbocycles. The third kappa shape index (κ3) is 5.97. The summed E-state index contributed by atoms with van der Waals surface area (Å²) in [6.07, 6.45) is 0. The van der Waals surface area contributed by atoms with Crippen molar-refractivity contribution in [1.82, 2.24) is 5.32 Å². The summed E-state index contributed by atoms with van der Waals surface area (Å²) in [7, 11) is 2.94. The molecule has 0 heterocycles. The Morgan fingerprint density at radius 3 is 2.36 bits per heavy atom. The topological polar surface area (TPSA) is 103 Å². The minimum atomic E-state index is -0.799. The number of nitrogens with one attached hydrogen (secondary N) is 2. The summed E-state index contributed by atoms with van der Waals surface area (Å²) in [5.74, 6) is -1.49. The highest BCUT2D eigenvalue weighted by Gasteiger charge is 2.13. The SMILES string of the molecule is COc1ccc(NC(=O)COC(=O)CNC(=O)c2ccc(F)cc2)c(OC)c1. The Bertz CT molecular complexity index is 854. The molecule has 0 spiro atoms. The van der Waals surface area contributed by atoms with Gasteiger partial charge >= 0.3 is 5.97 Å². The van der Waals surface area contributed by atoms with Crippen LogP contribution in [0.2, 0.25) is 0 Å². The molecule has 8 nitrogen and oxygen atoms in total. The molecule has 0 aliphatic rings. The summed E-state index contributed by atoms with van der Waals surface area (Å²) in [6.45, 7) is -0.976. The van der Waals surface area contributed by atoms with Crippen molar-refractivity contribution in [3.63, 3.8) is 0 Å². The zero-order chi connectivity index (χ0) is 20.5. The van der Waals surface area contributed by atoms with Crippen molar-refractivity contribution in [2.45, 2.75) is 0 Å². The molecule has 28 heavy (non-hydrogen) atoms. The van der Waals surface area contributed by atoms with Crippen molar-refractivity contribution in [1.29, 1.82) is 0 Å². The second-order valence-electron chi connectivity index (χ2n) is 5.46. The van der Waals surface area contributed by atoms with Crippen molar-refractivity contribution in [3.05, 3.63) is 53.8 Å². The summed E-state index contributed by atoms with van der Waals surface area (Å²) in [4.78, 5) is 35.4. The third-order valence-corrected chi connectivity index (χ3v) is 3.55. The van der Waals surface area contributed by atoms with E-state index in [0.717, 1.165) is 12.1 Å². The number of hydrogen-bond acceptors (Lipinski definition) is 6. The maximum atomic E-state index is 12.8. The number of halogens is 1. The molecule has 0 fully saturated rings. The molecule has 2 N–H and O–H groups in total. The van der Waals surface area contributed by atoms with E-state index in [0.29, 0.717) is 17.2 Å². The Hall–Kier alpha value is -3.62. The summed E-state index contributed by atoms with van der Waals surface area (Å²) < 4.78 is 27.9. The first kappa shape index (κ1) is 20.7. The standard InChI is InChI=1S/C19H19FN2O6/c1-26-14-7-8-15(16(9-14)27-2)22-17(23)11-28-18(24)10-21-19(25)12-3-5-13(20)6-4-12/h3-9H,10-11H2,1-2H3,(H,21,25)(H,22,23). The molecule has 2 aromatic rings. The highest BCUT2D eigenvalue weighted by atomic mass is 19.1. The Labute approximate surface area is 160 Å². The van der Waals surface area contributed by atoms with E-state index in [2.05, 4.69) is 10.6 Å². The highest BCUT2D eigenvalue weighted by molar-refractivity contribution is 5.97. The monoisotopic (exact) mass is 390 g/mol. The van der Waals surface area contributed by atoms with E-state index in [1.54, 1.807) is 18.2 Å². The minimum absolute atomic E-state index is 0.193. The van der Waals surface area contributed by atoms with Crippen LogP contribution < -0.4 is 20.1 Å². The molecule has 0 saturated heterocycles. The number of methoxy groups -OCH3 is 2. The Morgan fingerprint density at radius 1 is 1.00 bits per heavy atom. The van der Waals surface area contributed by atoms with Gasteiger partial charge in [0, 0.05) is 11.6 Å². The van der Waals surface area contributed by atoms with Crippen molar-refractivity contribution in [2.75, 3.05) is 32.7 Å². The first-order valence-corrected chi connectivity index (χ1v) is 8.14. The third-order valence-electron chi connectivity index (χ3n) is 3.55. The van der Waals surface area contributed by atoms with Crippen LogP contribution in [0.4, 0.5) is 10.1 Å². The molecule has 0 aliphatic heterocycles.